The maximum absolute atomic E-state index is 13.1. The van der Waals surface area contributed by atoms with Crippen LogP contribution < -0.4 is 4.74 Å². The number of nitrogens with zero attached hydrogens (tertiary/aromatic N) is 3. The van der Waals surface area contributed by atoms with Crippen LogP contribution in [0.3, 0.4) is 0 Å². The first-order chi connectivity index (χ1) is 15.0. The molecule has 1 saturated heterocycles. The van der Waals surface area contributed by atoms with Gasteiger partial charge in [0.15, 0.2) is 0 Å². The molecule has 0 aliphatic carbocycles. The number of methoxy groups -OCH3 is 1. The number of carbonyl (C=O) groups is 2. The molecule has 31 heavy (non-hydrogen) atoms. The molecule has 4 rings (SSSR count). The number of likely N-dealkylation sites (tertiary alicyclic amines) is 1. The molecule has 0 radical (unpaired) electrons. The average Bonchev–Trinajstić information content (AvgIpc) is 3.04. The van der Waals surface area contributed by atoms with Crippen LogP contribution >= 0.6 is 0 Å². The second-order valence-electron chi connectivity index (χ2n) is 7.26. The summed E-state index contributed by atoms with van der Waals surface area (Å²) in [5.41, 5.74) is 2.64. The molecule has 1 aromatic carbocycles. The molecule has 1 aliphatic rings. The van der Waals surface area contributed by atoms with Gasteiger partial charge < -0.3 is 14.7 Å². The van der Waals surface area contributed by atoms with Crippen molar-refractivity contribution in [3.63, 3.8) is 0 Å². The number of pyridine rings is 2. The fraction of sp³-hybridized carbons (Fsp3) is 0.167. The Morgan fingerprint density at radius 3 is 2.45 bits per heavy atom. The van der Waals surface area contributed by atoms with Crippen molar-refractivity contribution in [1.29, 1.82) is 0 Å². The highest BCUT2D eigenvalue weighted by atomic mass is 16.5. The number of aliphatic hydroxyl groups excluding tert-OH is 1. The van der Waals surface area contributed by atoms with Crippen LogP contribution in [0.5, 0.6) is 5.75 Å². The number of aryl methyl sites for hydroxylation is 1. The zero-order valence-corrected chi connectivity index (χ0v) is 17.1. The van der Waals surface area contributed by atoms with Crippen molar-refractivity contribution in [2.24, 2.45) is 0 Å². The van der Waals surface area contributed by atoms with Crippen LogP contribution in [0.25, 0.3) is 5.76 Å². The molecule has 3 heterocycles. The first kappa shape index (κ1) is 20.3. The van der Waals surface area contributed by atoms with Gasteiger partial charge in [0.05, 0.1) is 18.7 Å². The Morgan fingerprint density at radius 1 is 1.10 bits per heavy atom. The van der Waals surface area contributed by atoms with Crippen molar-refractivity contribution in [2.45, 2.75) is 19.5 Å². The number of aromatic nitrogens is 2. The normalized spacial score (nSPS) is 17.7. The lowest BCUT2D eigenvalue weighted by molar-refractivity contribution is -0.140. The predicted octanol–water partition coefficient (Wildman–Crippen LogP) is 3.42. The number of Topliss-reactive ketones (excluding diaryl/α,β-unsaturated/α-hetero) is 1. The number of aliphatic hydroxyl groups is 1. The number of hydrogen-bond acceptors (Lipinski definition) is 6. The van der Waals surface area contributed by atoms with Gasteiger partial charge in [-0.15, -0.1) is 0 Å². The summed E-state index contributed by atoms with van der Waals surface area (Å²) in [5.74, 6) is -0.994. The van der Waals surface area contributed by atoms with Crippen molar-refractivity contribution in [3.8, 4) is 5.75 Å². The molecule has 7 nitrogen and oxygen atoms in total. The minimum absolute atomic E-state index is 0.0372. The molecule has 2 aromatic heterocycles. The quantitative estimate of drug-likeness (QED) is 0.390. The van der Waals surface area contributed by atoms with Gasteiger partial charge in [0, 0.05) is 36.9 Å². The number of benzene rings is 1. The number of rotatable bonds is 5. The molecule has 0 saturated carbocycles. The average molecular weight is 415 g/mol. The molecule has 156 valence electrons. The molecule has 1 N–H and O–H groups in total. The van der Waals surface area contributed by atoms with Gasteiger partial charge in [-0.05, 0) is 53.9 Å². The summed E-state index contributed by atoms with van der Waals surface area (Å²) in [6.45, 7) is 1.98. The van der Waals surface area contributed by atoms with Crippen molar-refractivity contribution >= 4 is 17.4 Å². The Bertz CT molecular complexity index is 1160. The Hall–Kier alpha value is -4.00. The highest BCUT2D eigenvalue weighted by Gasteiger charge is 2.46. The lowest BCUT2D eigenvalue weighted by Crippen LogP contribution is -2.29. The van der Waals surface area contributed by atoms with Crippen molar-refractivity contribution in [3.05, 3.63) is 95.1 Å². The van der Waals surface area contributed by atoms with E-state index in [0.29, 0.717) is 16.9 Å². The number of carbonyl (C=O) groups excluding carboxylic acids is 2. The molecular formula is C24H21N3O4. The topological polar surface area (TPSA) is 92.6 Å². The minimum atomic E-state index is -0.768. The molecule has 1 fully saturated rings. The maximum atomic E-state index is 13.1. The Balaban J connectivity index is 1.86. The zero-order valence-electron chi connectivity index (χ0n) is 17.1. The summed E-state index contributed by atoms with van der Waals surface area (Å²) in [4.78, 5) is 35.7. The Morgan fingerprint density at radius 2 is 1.84 bits per heavy atom. The Labute approximate surface area is 179 Å². The largest absolute Gasteiger partial charge is 0.507 e. The van der Waals surface area contributed by atoms with E-state index in [4.69, 9.17) is 4.74 Å². The van der Waals surface area contributed by atoms with E-state index in [2.05, 4.69) is 9.97 Å². The smallest absolute Gasteiger partial charge is 0.295 e. The molecule has 3 aromatic rings. The van der Waals surface area contributed by atoms with Gasteiger partial charge in [0.2, 0.25) is 0 Å². The van der Waals surface area contributed by atoms with E-state index in [0.717, 1.165) is 11.1 Å². The second-order valence-corrected chi connectivity index (χ2v) is 7.26. The molecular weight excluding hydrogens is 394 g/mol. The van der Waals surface area contributed by atoms with Crippen LogP contribution in [-0.2, 0) is 16.1 Å². The minimum Gasteiger partial charge on any atom is -0.507 e. The molecule has 0 unspecified atom stereocenters. The summed E-state index contributed by atoms with van der Waals surface area (Å²) in [7, 11) is 1.56. The fourth-order valence-corrected chi connectivity index (χ4v) is 3.79. The van der Waals surface area contributed by atoms with Crippen LogP contribution in [0, 0.1) is 6.92 Å². The maximum Gasteiger partial charge on any atom is 0.295 e. The third-order valence-corrected chi connectivity index (χ3v) is 5.30. The van der Waals surface area contributed by atoms with Crippen molar-refractivity contribution < 1.29 is 19.4 Å². The SMILES string of the molecule is COc1ccc(C(O)=C2C(=O)C(=O)N(Cc3cccnc3)[C@@H]2c2cccnc2)c(C)c1. The molecule has 0 bridgehead atoms. The van der Waals surface area contributed by atoms with Gasteiger partial charge in [0.25, 0.3) is 11.7 Å². The molecule has 7 heteroatoms. The predicted molar refractivity (Wildman–Crippen MR) is 114 cm³/mol. The van der Waals surface area contributed by atoms with E-state index in [1.165, 1.54) is 4.90 Å². The van der Waals surface area contributed by atoms with Gasteiger partial charge in [-0.1, -0.05) is 12.1 Å². The van der Waals surface area contributed by atoms with Crippen LogP contribution in [0.2, 0.25) is 0 Å². The lowest BCUT2D eigenvalue weighted by Gasteiger charge is -2.25. The first-order valence-electron chi connectivity index (χ1n) is 9.73. The van der Waals surface area contributed by atoms with E-state index in [-0.39, 0.29) is 17.9 Å². The summed E-state index contributed by atoms with van der Waals surface area (Å²) in [5, 5.41) is 11.2. The van der Waals surface area contributed by atoms with E-state index < -0.39 is 17.7 Å². The number of amides is 1. The van der Waals surface area contributed by atoms with Gasteiger partial charge in [0.1, 0.15) is 11.5 Å². The van der Waals surface area contributed by atoms with Crippen molar-refractivity contribution in [1.82, 2.24) is 14.9 Å². The molecule has 1 atom stereocenters. The summed E-state index contributed by atoms with van der Waals surface area (Å²) >= 11 is 0. The summed E-state index contributed by atoms with van der Waals surface area (Å²) in [6, 6.07) is 11.5. The number of ketones is 1. The van der Waals surface area contributed by atoms with Crippen LogP contribution in [0.1, 0.15) is 28.3 Å². The van der Waals surface area contributed by atoms with Crippen LogP contribution in [0.15, 0.2) is 72.8 Å². The van der Waals surface area contributed by atoms with Crippen LogP contribution in [-0.4, -0.2) is 38.8 Å². The molecule has 1 aliphatic heterocycles. The van der Waals surface area contributed by atoms with E-state index in [1.54, 1.807) is 68.3 Å². The zero-order chi connectivity index (χ0) is 22.0. The van der Waals surface area contributed by atoms with E-state index in [1.807, 2.05) is 13.0 Å². The third kappa shape index (κ3) is 3.77. The van der Waals surface area contributed by atoms with Crippen molar-refractivity contribution in [2.75, 3.05) is 7.11 Å². The summed E-state index contributed by atoms with van der Waals surface area (Å²) in [6.07, 6.45) is 6.50. The monoisotopic (exact) mass is 415 g/mol. The van der Waals surface area contributed by atoms with Gasteiger partial charge in [-0.25, -0.2) is 0 Å². The molecule has 0 spiro atoms. The molecule has 1 amide bonds. The fourth-order valence-electron chi connectivity index (χ4n) is 3.79. The highest BCUT2D eigenvalue weighted by molar-refractivity contribution is 6.46. The number of hydrogen-bond donors (Lipinski definition) is 1. The third-order valence-electron chi connectivity index (χ3n) is 5.30. The standard InChI is InChI=1S/C24H21N3O4/c1-15-11-18(31-2)7-8-19(15)22(28)20-21(17-6-4-10-26-13-17)27(24(30)23(20)29)14-16-5-3-9-25-12-16/h3-13,21,28H,14H2,1-2H3/t21-/m1/s1. The Kier molecular flexibility index (Phi) is 5.49. The van der Waals surface area contributed by atoms with E-state index in [9.17, 15) is 14.7 Å². The van der Waals surface area contributed by atoms with Crippen LogP contribution in [0.4, 0.5) is 0 Å². The lowest BCUT2D eigenvalue weighted by atomic mass is 9.94. The first-order valence-corrected chi connectivity index (χ1v) is 9.73. The van der Waals surface area contributed by atoms with E-state index >= 15 is 0 Å². The number of ether oxygens (including phenoxy) is 1. The van der Waals surface area contributed by atoms with Gasteiger partial charge in [-0.3, -0.25) is 19.6 Å². The highest BCUT2D eigenvalue weighted by Crippen LogP contribution is 2.40. The summed E-state index contributed by atoms with van der Waals surface area (Å²) < 4.78 is 5.23. The second kappa shape index (κ2) is 8.39. The van der Waals surface area contributed by atoms with Gasteiger partial charge >= 0.3 is 0 Å². The van der Waals surface area contributed by atoms with Gasteiger partial charge in [-0.2, -0.15) is 0 Å².